The molecule has 7 nitrogen and oxygen atoms in total. The van der Waals surface area contributed by atoms with Crippen molar-refractivity contribution in [2.45, 2.75) is 38.8 Å². The number of piperidine rings is 1. The molecule has 0 radical (unpaired) electrons. The fraction of sp³-hybridized carbons (Fsp3) is 0.440. The number of aryl methyl sites for hydroxylation is 1. The lowest BCUT2D eigenvalue weighted by Gasteiger charge is -2.40. The molecule has 3 atom stereocenters. The normalized spacial score (nSPS) is 23.4. The van der Waals surface area contributed by atoms with E-state index in [9.17, 15) is 0 Å². The molecule has 2 aromatic heterocycles. The van der Waals surface area contributed by atoms with E-state index in [0.717, 1.165) is 61.4 Å². The lowest BCUT2D eigenvalue weighted by atomic mass is 9.76. The number of hydrogen-bond donors (Lipinski definition) is 2. The second-order valence-electron chi connectivity index (χ2n) is 9.31. The minimum Gasteiger partial charge on any atom is -0.482 e. The van der Waals surface area contributed by atoms with Crippen molar-refractivity contribution in [2.75, 3.05) is 32.0 Å². The maximum atomic E-state index is 6.52. The summed E-state index contributed by atoms with van der Waals surface area (Å²) in [6.07, 6.45) is 7.37. The van der Waals surface area contributed by atoms with Gasteiger partial charge in [0.2, 0.25) is 0 Å². The van der Waals surface area contributed by atoms with E-state index in [-0.39, 0.29) is 5.41 Å². The van der Waals surface area contributed by atoms with E-state index in [0.29, 0.717) is 27.7 Å². The molecule has 2 aliphatic rings. The van der Waals surface area contributed by atoms with Gasteiger partial charge in [-0.2, -0.15) is 5.10 Å². The van der Waals surface area contributed by atoms with Crippen molar-refractivity contribution in [1.29, 1.82) is 0 Å². The summed E-state index contributed by atoms with van der Waals surface area (Å²) in [7, 11) is 0. The number of benzene rings is 1. The Hall–Kier alpha value is -2.32. The SMILES string of the molecule is Cc1ccc(Cl)c([C@@H](C)Oc2cc(-c3cnn(C4CCNCC45CCOC5)c3)cnc2N)c1Cl. The average Bonchev–Trinajstić information content (AvgIpc) is 3.49. The topological polar surface area (TPSA) is 87.2 Å². The predicted octanol–water partition coefficient (Wildman–Crippen LogP) is 5.22. The number of nitrogen functional groups attached to an aromatic ring is 1. The first-order valence-electron chi connectivity index (χ1n) is 11.6. The van der Waals surface area contributed by atoms with Crippen LogP contribution in [0, 0.1) is 12.3 Å². The van der Waals surface area contributed by atoms with Crippen LogP contribution < -0.4 is 15.8 Å². The fourth-order valence-electron chi connectivity index (χ4n) is 5.10. The van der Waals surface area contributed by atoms with Crippen molar-refractivity contribution < 1.29 is 9.47 Å². The molecule has 3 N–H and O–H groups in total. The summed E-state index contributed by atoms with van der Waals surface area (Å²) in [5, 5.41) is 9.41. The van der Waals surface area contributed by atoms with Crippen LogP contribution in [0.5, 0.6) is 5.75 Å². The van der Waals surface area contributed by atoms with E-state index in [4.69, 9.17) is 43.5 Å². The number of aromatic nitrogens is 3. The highest BCUT2D eigenvalue weighted by Crippen LogP contribution is 2.43. The number of halogens is 2. The van der Waals surface area contributed by atoms with Crippen LogP contribution in [0.3, 0.4) is 0 Å². The molecule has 1 spiro atoms. The standard InChI is InChI=1S/C25H29Cl2N5O2/c1-15-3-4-19(26)22(23(15)27)16(2)34-20-9-17(10-30-24(20)28)18-11-31-32(12-18)21-5-7-29-13-25(21)6-8-33-14-25/h3-4,9-12,16,21,29H,5-8,13-14H2,1-2H3,(H2,28,30)/t16-,21?,25?/m1/s1. The molecule has 2 aliphatic heterocycles. The second-order valence-corrected chi connectivity index (χ2v) is 10.1. The molecule has 5 rings (SSSR count). The minimum atomic E-state index is -0.404. The third-order valence-electron chi connectivity index (χ3n) is 7.08. The van der Waals surface area contributed by atoms with Gasteiger partial charge in [0, 0.05) is 52.7 Å². The number of hydrogen-bond acceptors (Lipinski definition) is 6. The van der Waals surface area contributed by atoms with Crippen molar-refractivity contribution >= 4 is 29.0 Å². The van der Waals surface area contributed by atoms with Gasteiger partial charge >= 0.3 is 0 Å². The van der Waals surface area contributed by atoms with Gasteiger partial charge in [0.15, 0.2) is 11.6 Å². The van der Waals surface area contributed by atoms with E-state index < -0.39 is 6.10 Å². The van der Waals surface area contributed by atoms with Gasteiger partial charge in [0.25, 0.3) is 0 Å². The van der Waals surface area contributed by atoms with E-state index in [1.807, 2.05) is 38.2 Å². The van der Waals surface area contributed by atoms with Crippen LogP contribution in [-0.2, 0) is 4.74 Å². The second kappa shape index (κ2) is 9.38. The van der Waals surface area contributed by atoms with Crippen LogP contribution >= 0.6 is 23.2 Å². The Morgan fingerprint density at radius 3 is 2.94 bits per heavy atom. The van der Waals surface area contributed by atoms with Gasteiger partial charge in [-0.15, -0.1) is 0 Å². The van der Waals surface area contributed by atoms with E-state index in [1.54, 1.807) is 6.20 Å². The third kappa shape index (κ3) is 4.26. The number of nitrogens with one attached hydrogen (secondary N) is 1. The third-order valence-corrected chi connectivity index (χ3v) is 7.91. The molecule has 9 heteroatoms. The van der Waals surface area contributed by atoms with Crippen molar-refractivity contribution in [3.05, 3.63) is 58.0 Å². The summed E-state index contributed by atoms with van der Waals surface area (Å²) in [6, 6.07) is 5.91. The van der Waals surface area contributed by atoms with Crippen LogP contribution in [0.1, 0.15) is 43.0 Å². The molecule has 0 saturated carbocycles. The molecule has 4 heterocycles. The molecule has 0 bridgehead atoms. The number of rotatable bonds is 5. The van der Waals surface area contributed by atoms with Gasteiger partial charge in [-0.25, -0.2) is 4.98 Å². The minimum absolute atomic E-state index is 0.0942. The van der Waals surface area contributed by atoms with Crippen LogP contribution in [0.2, 0.25) is 10.0 Å². The molecular formula is C25H29Cl2N5O2. The highest BCUT2D eigenvalue weighted by molar-refractivity contribution is 6.36. The lowest BCUT2D eigenvalue weighted by molar-refractivity contribution is 0.0788. The Bertz CT molecular complexity index is 1190. The Labute approximate surface area is 209 Å². The number of nitrogens with zero attached hydrogens (tertiary/aromatic N) is 3. The molecule has 2 fully saturated rings. The molecule has 2 unspecified atom stereocenters. The van der Waals surface area contributed by atoms with Crippen molar-refractivity contribution in [2.24, 2.45) is 5.41 Å². The Morgan fingerprint density at radius 2 is 2.15 bits per heavy atom. The van der Waals surface area contributed by atoms with Gasteiger partial charge in [0.1, 0.15) is 6.10 Å². The van der Waals surface area contributed by atoms with E-state index in [2.05, 4.69) is 21.2 Å². The van der Waals surface area contributed by atoms with Gasteiger partial charge in [0.05, 0.1) is 23.9 Å². The molecule has 0 aliphatic carbocycles. The monoisotopic (exact) mass is 501 g/mol. The Balaban J connectivity index is 1.41. The smallest absolute Gasteiger partial charge is 0.166 e. The summed E-state index contributed by atoms with van der Waals surface area (Å²) in [4.78, 5) is 4.38. The number of nitrogens with two attached hydrogens (primary N) is 1. The molecule has 1 aromatic carbocycles. The number of ether oxygens (including phenoxy) is 2. The van der Waals surface area contributed by atoms with E-state index in [1.165, 1.54) is 0 Å². The first-order chi connectivity index (χ1) is 16.4. The fourth-order valence-corrected chi connectivity index (χ4v) is 5.78. The van der Waals surface area contributed by atoms with Crippen molar-refractivity contribution in [3.63, 3.8) is 0 Å². The highest BCUT2D eigenvalue weighted by Gasteiger charge is 2.45. The number of pyridine rings is 1. The van der Waals surface area contributed by atoms with Crippen LogP contribution in [0.4, 0.5) is 5.82 Å². The van der Waals surface area contributed by atoms with Crippen molar-refractivity contribution in [3.8, 4) is 16.9 Å². The number of anilines is 1. The van der Waals surface area contributed by atoms with Gasteiger partial charge in [-0.3, -0.25) is 4.68 Å². The first kappa shape index (κ1) is 23.4. The van der Waals surface area contributed by atoms with Gasteiger partial charge < -0.3 is 20.5 Å². The zero-order chi connectivity index (χ0) is 23.9. The maximum Gasteiger partial charge on any atom is 0.166 e. The Morgan fingerprint density at radius 1 is 1.29 bits per heavy atom. The van der Waals surface area contributed by atoms with Crippen LogP contribution in [0.25, 0.3) is 11.1 Å². The van der Waals surface area contributed by atoms with Crippen LogP contribution in [0.15, 0.2) is 36.8 Å². The van der Waals surface area contributed by atoms with Gasteiger partial charge in [-0.1, -0.05) is 29.3 Å². The molecule has 2 saturated heterocycles. The summed E-state index contributed by atoms with van der Waals surface area (Å²) >= 11 is 12.9. The molecule has 0 amide bonds. The van der Waals surface area contributed by atoms with Gasteiger partial charge in [-0.05, 0) is 50.9 Å². The van der Waals surface area contributed by atoms with Crippen molar-refractivity contribution in [1.82, 2.24) is 20.1 Å². The van der Waals surface area contributed by atoms with Crippen LogP contribution in [-0.4, -0.2) is 41.1 Å². The average molecular weight is 502 g/mol. The highest BCUT2D eigenvalue weighted by atomic mass is 35.5. The van der Waals surface area contributed by atoms with E-state index >= 15 is 0 Å². The maximum absolute atomic E-state index is 6.52. The largest absolute Gasteiger partial charge is 0.482 e. The quantitative estimate of drug-likeness (QED) is 0.497. The summed E-state index contributed by atoms with van der Waals surface area (Å²) in [5.74, 6) is 0.789. The predicted molar refractivity (Wildman–Crippen MR) is 135 cm³/mol. The lowest BCUT2D eigenvalue weighted by Crippen LogP contribution is -2.48. The zero-order valence-electron chi connectivity index (χ0n) is 19.4. The zero-order valence-corrected chi connectivity index (χ0v) is 20.9. The molecular weight excluding hydrogens is 473 g/mol. The molecule has 3 aromatic rings. The first-order valence-corrected chi connectivity index (χ1v) is 12.3. The molecule has 180 valence electrons. The Kier molecular flexibility index (Phi) is 6.46. The summed E-state index contributed by atoms with van der Waals surface area (Å²) < 4.78 is 14.1. The molecule has 34 heavy (non-hydrogen) atoms. The summed E-state index contributed by atoms with van der Waals surface area (Å²) in [5.41, 5.74) is 9.77. The summed E-state index contributed by atoms with van der Waals surface area (Å²) in [6.45, 7) is 7.34.